The lowest BCUT2D eigenvalue weighted by Crippen LogP contribution is -2.00. The molecule has 0 aliphatic rings. The number of hydrogen-bond acceptors (Lipinski definition) is 7. The minimum absolute atomic E-state index is 0.257. The van der Waals surface area contributed by atoms with E-state index in [4.69, 9.17) is 5.73 Å². The minimum atomic E-state index is 0.257. The van der Waals surface area contributed by atoms with E-state index in [-0.39, 0.29) is 5.75 Å². The fourth-order valence-corrected chi connectivity index (χ4v) is 3.30. The van der Waals surface area contributed by atoms with Gasteiger partial charge in [-0.05, 0) is 48.1 Å². The summed E-state index contributed by atoms with van der Waals surface area (Å²) < 4.78 is 0. The molecular formula is C20H18N6OS. The third-order valence-corrected chi connectivity index (χ3v) is 4.89. The Morgan fingerprint density at radius 2 is 2.00 bits per heavy atom. The third-order valence-electron chi connectivity index (χ3n) is 4.01. The minimum Gasteiger partial charge on any atom is -0.508 e. The van der Waals surface area contributed by atoms with E-state index in [1.807, 2.05) is 29.6 Å². The van der Waals surface area contributed by atoms with Crippen LogP contribution in [0.25, 0.3) is 21.9 Å². The smallest absolute Gasteiger partial charge is 0.209 e. The average molecular weight is 390 g/mol. The Kier molecular flexibility index (Phi) is 5.08. The number of H-pyrrole nitrogens is 1. The molecule has 0 unspecified atom stereocenters. The zero-order valence-corrected chi connectivity index (χ0v) is 15.8. The predicted octanol–water partition coefficient (Wildman–Crippen LogP) is 3.61. The zero-order valence-electron chi connectivity index (χ0n) is 14.9. The van der Waals surface area contributed by atoms with E-state index in [0.29, 0.717) is 29.2 Å². The molecule has 0 saturated heterocycles. The number of nitrogens with one attached hydrogen (secondary N) is 2. The van der Waals surface area contributed by atoms with Crippen molar-refractivity contribution in [2.75, 3.05) is 17.6 Å². The van der Waals surface area contributed by atoms with Gasteiger partial charge in [-0.25, -0.2) is 9.97 Å². The standard InChI is InChI=1S/C20H18N6OS/c21-18-17-20(26-19(25-17)15-5-4-12-28-15)24-16(23-18)6-2-1-3-11-22-13-7-9-14(27)10-8-13/h4-5,7-10,12,22,27H,1,3,11H2,(H3,21,23,24,25,26). The molecule has 7 nitrogen and oxygen atoms in total. The topological polar surface area (TPSA) is 113 Å². The molecule has 5 N–H and O–H groups in total. The van der Waals surface area contributed by atoms with Crippen LogP contribution in [0.5, 0.6) is 5.75 Å². The number of aromatic nitrogens is 4. The van der Waals surface area contributed by atoms with Gasteiger partial charge in [0.25, 0.3) is 0 Å². The summed E-state index contributed by atoms with van der Waals surface area (Å²) in [6.45, 7) is 0.783. The summed E-state index contributed by atoms with van der Waals surface area (Å²) in [7, 11) is 0. The second-order valence-corrected chi connectivity index (χ2v) is 7.02. The molecular weight excluding hydrogens is 372 g/mol. The van der Waals surface area contributed by atoms with Crippen LogP contribution >= 0.6 is 11.3 Å². The Morgan fingerprint density at radius 1 is 1.14 bits per heavy atom. The number of hydrogen-bond donors (Lipinski definition) is 4. The number of phenols is 1. The van der Waals surface area contributed by atoms with Crippen molar-refractivity contribution in [2.45, 2.75) is 12.8 Å². The number of unbranched alkanes of at least 4 members (excludes halogenated alkanes) is 1. The lowest BCUT2D eigenvalue weighted by Gasteiger charge is -2.04. The number of aromatic hydroxyl groups is 1. The number of thiophene rings is 1. The Morgan fingerprint density at radius 3 is 2.79 bits per heavy atom. The average Bonchev–Trinajstić information content (AvgIpc) is 3.35. The number of nitrogens with two attached hydrogens (primary N) is 1. The van der Waals surface area contributed by atoms with Crippen LogP contribution in [0.3, 0.4) is 0 Å². The van der Waals surface area contributed by atoms with Gasteiger partial charge in [-0.2, -0.15) is 4.98 Å². The predicted molar refractivity (Wildman–Crippen MR) is 112 cm³/mol. The molecule has 140 valence electrons. The number of benzene rings is 1. The van der Waals surface area contributed by atoms with Gasteiger partial charge in [0.2, 0.25) is 5.82 Å². The number of rotatable bonds is 5. The summed E-state index contributed by atoms with van der Waals surface area (Å²) in [5.41, 5.74) is 8.16. The molecule has 0 spiro atoms. The monoisotopic (exact) mass is 390 g/mol. The first kappa shape index (κ1) is 17.8. The highest BCUT2D eigenvalue weighted by Crippen LogP contribution is 2.25. The second kappa shape index (κ2) is 7.98. The van der Waals surface area contributed by atoms with Crippen LogP contribution in [0, 0.1) is 11.8 Å². The maximum Gasteiger partial charge on any atom is 0.209 e. The Bertz CT molecular complexity index is 1140. The summed E-state index contributed by atoms with van der Waals surface area (Å²) >= 11 is 1.59. The van der Waals surface area contributed by atoms with E-state index in [1.165, 1.54) is 0 Å². The van der Waals surface area contributed by atoms with Gasteiger partial charge in [-0.15, -0.1) is 11.3 Å². The van der Waals surface area contributed by atoms with Gasteiger partial charge in [-0.3, -0.25) is 0 Å². The maximum absolute atomic E-state index is 9.27. The fourth-order valence-electron chi connectivity index (χ4n) is 2.64. The molecule has 0 amide bonds. The van der Waals surface area contributed by atoms with Gasteiger partial charge < -0.3 is 21.1 Å². The van der Waals surface area contributed by atoms with E-state index in [0.717, 1.165) is 29.4 Å². The molecule has 4 rings (SSSR count). The third kappa shape index (κ3) is 4.05. The van der Waals surface area contributed by atoms with Crippen molar-refractivity contribution in [2.24, 2.45) is 0 Å². The highest BCUT2D eigenvalue weighted by Gasteiger charge is 2.11. The first-order valence-electron chi connectivity index (χ1n) is 8.78. The molecule has 4 aromatic rings. The molecule has 0 aliphatic carbocycles. The van der Waals surface area contributed by atoms with Crippen molar-refractivity contribution in [3.63, 3.8) is 0 Å². The molecule has 28 heavy (non-hydrogen) atoms. The maximum atomic E-state index is 9.27. The van der Waals surface area contributed by atoms with E-state index >= 15 is 0 Å². The number of phenolic OH excluding ortho intramolecular Hbond substituents is 1. The molecule has 0 saturated carbocycles. The number of aromatic amines is 1. The van der Waals surface area contributed by atoms with E-state index < -0.39 is 0 Å². The van der Waals surface area contributed by atoms with E-state index in [1.54, 1.807) is 23.5 Å². The lowest BCUT2D eigenvalue weighted by molar-refractivity contribution is 0.475. The summed E-state index contributed by atoms with van der Waals surface area (Å²) in [6, 6.07) is 10.9. The lowest BCUT2D eigenvalue weighted by atomic mass is 10.2. The second-order valence-electron chi connectivity index (χ2n) is 6.07. The van der Waals surface area contributed by atoms with Crippen LogP contribution in [0.4, 0.5) is 11.5 Å². The number of nitrogen functional groups attached to an aromatic ring is 1. The Hall–Kier alpha value is -3.57. The van der Waals surface area contributed by atoms with Crippen LogP contribution in [0.2, 0.25) is 0 Å². The normalized spacial score (nSPS) is 10.6. The largest absolute Gasteiger partial charge is 0.508 e. The van der Waals surface area contributed by atoms with Crippen molar-refractivity contribution in [3.05, 3.63) is 47.6 Å². The Balaban J connectivity index is 1.37. The number of nitrogens with zero attached hydrogens (tertiary/aromatic N) is 3. The van der Waals surface area contributed by atoms with Crippen molar-refractivity contribution >= 4 is 34.0 Å². The molecule has 8 heteroatoms. The zero-order chi connectivity index (χ0) is 19.3. The van der Waals surface area contributed by atoms with E-state index in [2.05, 4.69) is 37.1 Å². The van der Waals surface area contributed by atoms with Crippen LogP contribution in [0.1, 0.15) is 18.7 Å². The van der Waals surface area contributed by atoms with Crippen molar-refractivity contribution in [1.82, 2.24) is 19.9 Å². The molecule has 0 bridgehead atoms. The highest BCUT2D eigenvalue weighted by molar-refractivity contribution is 7.13. The number of anilines is 2. The molecule has 0 aliphatic heterocycles. The number of imidazole rings is 1. The van der Waals surface area contributed by atoms with E-state index in [9.17, 15) is 5.11 Å². The first-order chi connectivity index (χ1) is 13.7. The van der Waals surface area contributed by atoms with Crippen LogP contribution in [0.15, 0.2) is 41.8 Å². The quantitative estimate of drug-likeness (QED) is 0.235. The van der Waals surface area contributed by atoms with Crippen LogP contribution < -0.4 is 11.1 Å². The molecule has 3 heterocycles. The van der Waals surface area contributed by atoms with Gasteiger partial charge >= 0.3 is 0 Å². The summed E-state index contributed by atoms with van der Waals surface area (Å²) in [6.07, 6.45) is 1.57. The van der Waals surface area contributed by atoms with Crippen molar-refractivity contribution in [3.8, 4) is 28.3 Å². The fraction of sp³-hybridized carbons (Fsp3) is 0.150. The van der Waals surface area contributed by atoms with Crippen LogP contribution in [-0.2, 0) is 0 Å². The van der Waals surface area contributed by atoms with Crippen LogP contribution in [-0.4, -0.2) is 31.6 Å². The van der Waals surface area contributed by atoms with Crippen molar-refractivity contribution in [1.29, 1.82) is 0 Å². The van der Waals surface area contributed by atoms with Crippen molar-refractivity contribution < 1.29 is 5.11 Å². The summed E-state index contributed by atoms with van der Waals surface area (Å²) in [5.74, 6) is 7.75. The molecule has 0 radical (unpaired) electrons. The molecule has 3 aromatic heterocycles. The molecule has 0 fully saturated rings. The molecule has 0 atom stereocenters. The summed E-state index contributed by atoms with van der Waals surface area (Å²) in [4.78, 5) is 17.3. The number of fused-ring (bicyclic) bond motifs is 1. The first-order valence-corrected chi connectivity index (χ1v) is 9.66. The molecule has 1 aromatic carbocycles. The van der Waals surface area contributed by atoms with Gasteiger partial charge in [0.05, 0.1) is 4.88 Å². The van der Waals surface area contributed by atoms with Gasteiger partial charge in [-0.1, -0.05) is 12.0 Å². The van der Waals surface area contributed by atoms with Gasteiger partial charge in [0, 0.05) is 18.7 Å². The van der Waals surface area contributed by atoms with Gasteiger partial charge in [0.15, 0.2) is 17.3 Å². The highest BCUT2D eigenvalue weighted by atomic mass is 32.1. The van der Waals surface area contributed by atoms with Gasteiger partial charge in [0.1, 0.15) is 11.3 Å². The Labute approximate surface area is 165 Å². The summed E-state index contributed by atoms with van der Waals surface area (Å²) in [5, 5.41) is 14.5. The SMILES string of the molecule is Nc1nc(C#CCCCNc2ccc(O)cc2)nc2nc(-c3cccs3)[nH]c12.